The van der Waals surface area contributed by atoms with Gasteiger partial charge in [-0.3, -0.25) is 14.5 Å². The van der Waals surface area contributed by atoms with E-state index in [1.165, 1.54) is 31.2 Å². The topological polar surface area (TPSA) is 91.4 Å². The average Bonchev–Trinajstić information content (AvgIpc) is 3.22. The first kappa shape index (κ1) is 21.9. The summed E-state index contributed by atoms with van der Waals surface area (Å²) in [6, 6.07) is 4.67. The first-order chi connectivity index (χ1) is 14.0. The minimum atomic E-state index is -1.34. The van der Waals surface area contributed by atoms with E-state index >= 15 is 0 Å². The molecule has 0 saturated carbocycles. The van der Waals surface area contributed by atoms with Gasteiger partial charge in [0.15, 0.2) is 0 Å². The Kier molecular flexibility index (Phi) is 5.94. The molecule has 1 fully saturated rings. The van der Waals surface area contributed by atoms with Crippen molar-refractivity contribution in [2.45, 2.75) is 45.1 Å². The van der Waals surface area contributed by atoms with Gasteiger partial charge >= 0.3 is 6.03 Å². The Morgan fingerprint density at radius 3 is 2.53 bits per heavy atom. The predicted octanol–water partition coefficient (Wildman–Crippen LogP) is 2.71. The smallest absolute Gasteiger partial charge is 0.325 e. The van der Waals surface area contributed by atoms with E-state index < -0.39 is 29.2 Å². The Bertz CT molecular complexity index is 967. The number of thiazole rings is 1. The van der Waals surface area contributed by atoms with Gasteiger partial charge in [0.2, 0.25) is 5.91 Å². The number of aromatic nitrogens is 1. The molecule has 0 spiro atoms. The molecule has 1 saturated heterocycles. The standard InChI is InChI=1S/C21H25FN4O3S/c1-20(2,3)15-12-30-17(24-15)9-10-23-16(27)11-26-18(28)21(4,25-19(26)29)13-5-7-14(22)8-6-13/h5-8,12H,9-11H2,1-4H3,(H,23,27)(H,25,29). The molecule has 9 heteroatoms. The highest BCUT2D eigenvalue weighted by atomic mass is 32.1. The summed E-state index contributed by atoms with van der Waals surface area (Å²) in [5.74, 6) is -1.43. The summed E-state index contributed by atoms with van der Waals surface area (Å²) in [4.78, 5) is 42.8. The van der Waals surface area contributed by atoms with Crippen LogP contribution in [0.15, 0.2) is 29.6 Å². The summed E-state index contributed by atoms with van der Waals surface area (Å²) < 4.78 is 13.2. The van der Waals surface area contributed by atoms with Crippen molar-refractivity contribution in [3.8, 4) is 0 Å². The Morgan fingerprint density at radius 2 is 1.93 bits per heavy atom. The summed E-state index contributed by atoms with van der Waals surface area (Å²) in [5.41, 5.74) is 0.0883. The van der Waals surface area contributed by atoms with Gasteiger partial charge in [-0.15, -0.1) is 11.3 Å². The van der Waals surface area contributed by atoms with Crippen molar-refractivity contribution in [3.63, 3.8) is 0 Å². The van der Waals surface area contributed by atoms with Crippen molar-refractivity contribution in [1.82, 2.24) is 20.5 Å². The van der Waals surface area contributed by atoms with Crippen LogP contribution in [-0.2, 0) is 27.0 Å². The molecule has 0 radical (unpaired) electrons. The molecule has 4 amide bonds. The fourth-order valence-corrected chi connectivity index (χ4v) is 4.12. The van der Waals surface area contributed by atoms with E-state index in [1.54, 1.807) is 11.3 Å². The molecule has 2 heterocycles. The number of urea groups is 1. The second-order valence-electron chi connectivity index (χ2n) is 8.43. The van der Waals surface area contributed by atoms with Gasteiger partial charge in [-0.1, -0.05) is 32.9 Å². The van der Waals surface area contributed by atoms with E-state index in [1.807, 2.05) is 5.38 Å². The number of carbonyl (C=O) groups excluding carboxylic acids is 3. The van der Waals surface area contributed by atoms with Gasteiger partial charge in [-0.25, -0.2) is 14.2 Å². The van der Waals surface area contributed by atoms with Crippen LogP contribution in [0, 0.1) is 5.82 Å². The largest absolute Gasteiger partial charge is 0.354 e. The second-order valence-corrected chi connectivity index (χ2v) is 9.37. The zero-order valence-electron chi connectivity index (χ0n) is 17.4. The molecule has 1 aliphatic rings. The Hall–Kier alpha value is -2.81. The Balaban J connectivity index is 1.56. The van der Waals surface area contributed by atoms with Crippen molar-refractivity contribution in [1.29, 1.82) is 0 Å². The third kappa shape index (κ3) is 4.51. The lowest BCUT2D eigenvalue weighted by atomic mass is 9.92. The van der Waals surface area contributed by atoms with E-state index in [-0.39, 0.29) is 12.0 Å². The molecule has 1 aromatic heterocycles. The number of nitrogens with one attached hydrogen (secondary N) is 2. The minimum Gasteiger partial charge on any atom is -0.354 e. The van der Waals surface area contributed by atoms with Crippen molar-refractivity contribution >= 4 is 29.2 Å². The Labute approximate surface area is 178 Å². The number of imide groups is 1. The van der Waals surface area contributed by atoms with Crippen LogP contribution < -0.4 is 10.6 Å². The summed E-state index contributed by atoms with van der Waals surface area (Å²) >= 11 is 1.54. The number of carbonyl (C=O) groups is 3. The molecule has 1 aromatic carbocycles. The van der Waals surface area contributed by atoms with E-state index in [4.69, 9.17) is 0 Å². The van der Waals surface area contributed by atoms with Gasteiger partial charge in [0.05, 0.1) is 10.7 Å². The number of hydrogen-bond donors (Lipinski definition) is 2. The van der Waals surface area contributed by atoms with Crippen LogP contribution in [0.3, 0.4) is 0 Å². The van der Waals surface area contributed by atoms with Crippen LogP contribution in [-0.4, -0.2) is 40.8 Å². The highest BCUT2D eigenvalue weighted by molar-refractivity contribution is 7.09. The molecule has 2 N–H and O–H groups in total. The van der Waals surface area contributed by atoms with Gasteiger partial charge in [-0.05, 0) is 24.6 Å². The molecule has 1 atom stereocenters. The molecule has 160 valence electrons. The van der Waals surface area contributed by atoms with Crippen LogP contribution in [0.25, 0.3) is 0 Å². The van der Waals surface area contributed by atoms with E-state index in [0.717, 1.165) is 15.6 Å². The quantitative estimate of drug-likeness (QED) is 0.687. The van der Waals surface area contributed by atoms with Crippen LogP contribution >= 0.6 is 11.3 Å². The van der Waals surface area contributed by atoms with Gasteiger partial charge in [0, 0.05) is 23.8 Å². The summed E-state index contributed by atoms with van der Waals surface area (Å²) in [6.07, 6.45) is 0.569. The van der Waals surface area contributed by atoms with Crippen molar-refractivity contribution in [2.75, 3.05) is 13.1 Å². The highest BCUT2D eigenvalue weighted by Gasteiger charge is 2.49. The van der Waals surface area contributed by atoms with E-state index in [2.05, 4.69) is 36.4 Å². The molecule has 7 nitrogen and oxygen atoms in total. The fourth-order valence-electron chi connectivity index (χ4n) is 3.10. The fraction of sp³-hybridized carbons (Fsp3) is 0.429. The third-order valence-corrected chi connectivity index (χ3v) is 5.89. The lowest BCUT2D eigenvalue weighted by Gasteiger charge is -2.22. The summed E-state index contributed by atoms with van der Waals surface area (Å²) in [5, 5.41) is 8.25. The number of hydrogen-bond acceptors (Lipinski definition) is 5. The normalized spacial score (nSPS) is 19.2. The number of benzene rings is 1. The molecular weight excluding hydrogens is 407 g/mol. The molecule has 2 aromatic rings. The Morgan fingerprint density at radius 1 is 1.27 bits per heavy atom. The first-order valence-electron chi connectivity index (χ1n) is 9.62. The molecule has 0 aliphatic carbocycles. The predicted molar refractivity (Wildman–Crippen MR) is 112 cm³/mol. The zero-order valence-corrected chi connectivity index (χ0v) is 18.2. The number of halogens is 1. The average molecular weight is 433 g/mol. The minimum absolute atomic E-state index is 0.0291. The maximum Gasteiger partial charge on any atom is 0.325 e. The second kappa shape index (κ2) is 8.14. The van der Waals surface area contributed by atoms with Crippen LogP contribution in [0.4, 0.5) is 9.18 Å². The number of rotatable bonds is 6. The maximum atomic E-state index is 13.2. The summed E-state index contributed by atoms with van der Waals surface area (Å²) in [7, 11) is 0. The van der Waals surface area contributed by atoms with Crippen LogP contribution in [0.2, 0.25) is 0 Å². The maximum absolute atomic E-state index is 13.2. The lowest BCUT2D eigenvalue weighted by molar-refractivity contribution is -0.134. The molecule has 1 unspecified atom stereocenters. The van der Waals surface area contributed by atoms with Gasteiger partial charge < -0.3 is 10.6 Å². The van der Waals surface area contributed by atoms with Crippen LogP contribution in [0.5, 0.6) is 0 Å². The van der Waals surface area contributed by atoms with E-state index in [9.17, 15) is 18.8 Å². The van der Waals surface area contributed by atoms with Gasteiger partial charge in [0.1, 0.15) is 17.9 Å². The first-order valence-corrected chi connectivity index (χ1v) is 10.5. The molecule has 3 rings (SSSR count). The molecule has 0 bridgehead atoms. The molecule has 1 aliphatic heterocycles. The molecular formula is C21H25FN4O3S. The summed E-state index contributed by atoms with van der Waals surface area (Å²) in [6.45, 7) is 7.78. The van der Waals surface area contributed by atoms with E-state index in [0.29, 0.717) is 18.5 Å². The van der Waals surface area contributed by atoms with Crippen molar-refractivity contribution in [3.05, 3.63) is 51.7 Å². The van der Waals surface area contributed by atoms with Gasteiger partial charge in [-0.2, -0.15) is 0 Å². The number of amides is 4. The van der Waals surface area contributed by atoms with Crippen molar-refractivity contribution in [2.24, 2.45) is 0 Å². The van der Waals surface area contributed by atoms with Gasteiger partial charge in [0.25, 0.3) is 5.91 Å². The number of nitrogens with zero attached hydrogens (tertiary/aromatic N) is 2. The van der Waals surface area contributed by atoms with Crippen molar-refractivity contribution < 1.29 is 18.8 Å². The molecule has 30 heavy (non-hydrogen) atoms. The lowest BCUT2D eigenvalue weighted by Crippen LogP contribution is -2.43. The third-order valence-electron chi connectivity index (χ3n) is 4.98. The zero-order chi connectivity index (χ0) is 22.1. The SMILES string of the molecule is CC(C)(C)c1csc(CCNC(=O)CN2C(=O)NC(C)(c3ccc(F)cc3)C2=O)n1. The highest BCUT2D eigenvalue weighted by Crippen LogP contribution is 2.29. The van der Waals surface area contributed by atoms with Crippen LogP contribution in [0.1, 0.15) is 44.0 Å². The monoisotopic (exact) mass is 432 g/mol.